The first-order valence-electron chi connectivity index (χ1n) is 4.46. The van der Waals surface area contributed by atoms with Crippen molar-refractivity contribution in [3.63, 3.8) is 0 Å². The quantitative estimate of drug-likeness (QED) is 0.748. The number of nitrogens with zero attached hydrogens (tertiary/aromatic N) is 1. The third-order valence-electron chi connectivity index (χ3n) is 2.18. The van der Waals surface area contributed by atoms with Crippen LogP contribution in [0.5, 0.6) is 0 Å². The lowest BCUT2D eigenvalue weighted by Crippen LogP contribution is -1.98. The van der Waals surface area contributed by atoms with Crippen molar-refractivity contribution in [2.24, 2.45) is 5.73 Å². The predicted molar refractivity (Wildman–Crippen MR) is 54.3 cm³/mol. The summed E-state index contributed by atoms with van der Waals surface area (Å²) in [5.74, 6) is -0.299. The van der Waals surface area contributed by atoms with Crippen molar-refractivity contribution in [3.8, 4) is 0 Å². The molecule has 1 heterocycles. The number of aryl methyl sites for hydroxylation is 1. The fraction of sp³-hybridized carbons (Fsp3) is 0.182. The van der Waals surface area contributed by atoms with Crippen LogP contribution in [0.3, 0.4) is 0 Å². The van der Waals surface area contributed by atoms with E-state index in [9.17, 15) is 4.39 Å². The zero-order chi connectivity index (χ0) is 10.1. The van der Waals surface area contributed by atoms with Gasteiger partial charge in [-0.25, -0.2) is 4.39 Å². The number of hydrogen-bond donors (Lipinski definition) is 1. The molecular weight excluding hydrogens is 179 g/mol. The number of benzene rings is 1. The Morgan fingerprint density at radius 1 is 1.36 bits per heavy atom. The van der Waals surface area contributed by atoms with Gasteiger partial charge in [0.2, 0.25) is 0 Å². The van der Waals surface area contributed by atoms with Crippen LogP contribution in [0.1, 0.15) is 11.3 Å². The molecule has 2 rings (SSSR count). The van der Waals surface area contributed by atoms with Crippen molar-refractivity contribution in [1.82, 2.24) is 4.98 Å². The van der Waals surface area contributed by atoms with Crippen LogP contribution in [0.25, 0.3) is 10.9 Å². The molecule has 1 aromatic heterocycles. The second-order valence-corrected chi connectivity index (χ2v) is 3.31. The van der Waals surface area contributed by atoms with E-state index in [2.05, 4.69) is 4.98 Å². The smallest absolute Gasteiger partial charge is 0.149 e. The average Bonchev–Trinajstić information content (AvgIpc) is 2.19. The minimum atomic E-state index is -0.299. The highest BCUT2D eigenvalue weighted by Crippen LogP contribution is 2.18. The first kappa shape index (κ1) is 9.09. The van der Waals surface area contributed by atoms with E-state index in [1.165, 1.54) is 6.07 Å². The lowest BCUT2D eigenvalue weighted by atomic mass is 10.1. The summed E-state index contributed by atoms with van der Waals surface area (Å²) in [4.78, 5) is 4.13. The zero-order valence-electron chi connectivity index (χ0n) is 7.92. The summed E-state index contributed by atoms with van der Waals surface area (Å²) < 4.78 is 13.5. The van der Waals surface area contributed by atoms with Crippen molar-refractivity contribution in [3.05, 3.63) is 41.3 Å². The fourth-order valence-corrected chi connectivity index (χ4v) is 1.47. The highest BCUT2D eigenvalue weighted by molar-refractivity contribution is 5.80. The Morgan fingerprint density at radius 3 is 2.86 bits per heavy atom. The van der Waals surface area contributed by atoms with Gasteiger partial charge in [-0.15, -0.1) is 0 Å². The van der Waals surface area contributed by atoms with Gasteiger partial charge in [0.15, 0.2) is 0 Å². The van der Waals surface area contributed by atoms with Gasteiger partial charge < -0.3 is 5.73 Å². The molecule has 0 unspecified atom stereocenters. The van der Waals surface area contributed by atoms with Crippen molar-refractivity contribution in [2.45, 2.75) is 13.5 Å². The Hall–Kier alpha value is -1.48. The summed E-state index contributed by atoms with van der Waals surface area (Å²) in [6.45, 7) is 2.19. The number of pyridine rings is 1. The van der Waals surface area contributed by atoms with Crippen molar-refractivity contribution >= 4 is 10.9 Å². The molecule has 0 aliphatic carbocycles. The molecule has 0 amide bonds. The topological polar surface area (TPSA) is 38.9 Å². The monoisotopic (exact) mass is 190 g/mol. The third-order valence-corrected chi connectivity index (χ3v) is 2.18. The van der Waals surface area contributed by atoms with Gasteiger partial charge >= 0.3 is 0 Å². The third kappa shape index (κ3) is 1.46. The summed E-state index contributed by atoms with van der Waals surface area (Å²) in [5.41, 5.74) is 7.48. The highest BCUT2D eigenvalue weighted by Gasteiger charge is 2.04. The summed E-state index contributed by atoms with van der Waals surface area (Å²) in [6.07, 6.45) is 0. The van der Waals surface area contributed by atoms with Gasteiger partial charge in [-0.05, 0) is 30.7 Å². The average molecular weight is 190 g/mol. The number of hydrogen-bond acceptors (Lipinski definition) is 2. The molecule has 0 bridgehead atoms. The second-order valence-electron chi connectivity index (χ2n) is 3.31. The molecule has 0 spiro atoms. The summed E-state index contributed by atoms with van der Waals surface area (Å²) >= 11 is 0. The van der Waals surface area contributed by atoms with Gasteiger partial charge in [-0.3, -0.25) is 4.98 Å². The molecule has 0 radical (unpaired) electrons. The Kier molecular flexibility index (Phi) is 2.17. The number of halogens is 1. The minimum absolute atomic E-state index is 0.299. The molecule has 1 aromatic carbocycles. The molecule has 2 N–H and O–H groups in total. The molecule has 3 heteroatoms. The number of fused-ring (bicyclic) bond motifs is 1. The zero-order valence-corrected chi connectivity index (χ0v) is 7.92. The van der Waals surface area contributed by atoms with Crippen molar-refractivity contribution in [1.29, 1.82) is 0 Å². The van der Waals surface area contributed by atoms with E-state index in [0.29, 0.717) is 12.1 Å². The van der Waals surface area contributed by atoms with Crippen LogP contribution in [0.2, 0.25) is 0 Å². The normalized spacial score (nSPS) is 10.8. The lowest BCUT2D eigenvalue weighted by Gasteiger charge is -2.03. The van der Waals surface area contributed by atoms with Crippen LogP contribution >= 0.6 is 0 Å². The van der Waals surface area contributed by atoms with Crippen LogP contribution in [-0.2, 0) is 6.54 Å². The first-order valence-corrected chi connectivity index (χ1v) is 4.46. The molecule has 0 fully saturated rings. The number of aromatic nitrogens is 1. The van der Waals surface area contributed by atoms with E-state index >= 15 is 0 Å². The molecule has 0 atom stereocenters. The molecular formula is C11H11FN2. The maximum absolute atomic E-state index is 13.5. The molecule has 72 valence electrons. The van der Waals surface area contributed by atoms with E-state index in [0.717, 1.165) is 16.6 Å². The maximum Gasteiger partial charge on any atom is 0.149 e. The van der Waals surface area contributed by atoms with Gasteiger partial charge in [-0.1, -0.05) is 6.07 Å². The van der Waals surface area contributed by atoms with Gasteiger partial charge in [0, 0.05) is 17.6 Å². The van der Waals surface area contributed by atoms with Gasteiger partial charge in [0.05, 0.1) is 0 Å². The fourth-order valence-electron chi connectivity index (χ4n) is 1.47. The maximum atomic E-state index is 13.5. The molecule has 2 nitrogen and oxygen atoms in total. The largest absolute Gasteiger partial charge is 0.326 e. The minimum Gasteiger partial charge on any atom is -0.326 e. The predicted octanol–water partition coefficient (Wildman–Crippen LogP) is 2.14. The van der Waals surface area contributed by atoms with Crippen molar-refractivity contribution in [2.75, 3.05) is 0 Å². The summed E-state index contributed by atoms with van der Waals surface area (Å²) in [7, 11) is 0. The SMILES string of the molecule is Cc1ccc2cc(CN)cc(F)c2n1. The highest BCUT2D eigenvalue weighted by atomic mass is 19.1. The van der Waals surface area contributed by atoms with E-state index in [4.69, 9.17) is 5.73 Å². The molecule has 2 aromatic rings. The molecule has 0 saturated carbocycles. The van der Waals surface area contributed by atoms with Crippen LogP contribution in [0.4, 0.5) is 4.39 Å². The second kappa shape index (κ2) is 3.35. The van der Waals surface area contributed by atoms with Crippen LogP contribution in [0.15, 0.2) is 24.3 Å². The van der Waals surface area contributed by atoms with Crippen LogP contribution in [-0.4, -0.2) is 4.98 Å². The van der Waals surface area contributed by atoms with Gasteiger partial charge in [0.1, 0.15) is 11.3 Å². The molecule has 0 aliphatic rings. The van der Waals surface area contributed by atoms with E-state index < -0.39 is 0 Å². The van der Waals surface area contributed by atoms with Crippen LogP contribution in [0, 0.1) is 12.7 Å². The Morgan fingerprint density at radius 2 is 2.14 bits per heavy atom. The van der Waals surface area contributed by atoms with Crippen LogP contribution < -0.4 is 5.73 Å². The molecule has 0 aliphatic heterocycles. The van der Waals surface area contributed by atoms with Gasteiger partial charge in [0.25, 0.3) is 0 Å². The van der Waals surface area contributed by atoms with Gasteiger partial charge in [-0.2, -0.15) is 0 Å². The number of rotatable bonds is 1. The standard InChI is InChI=1S/C11H11FN2/c1-7-2-3-9-4-8(6-13)5-10(12)11(9)14-7/h2-5H,6,13H2,1H3. The Labute approximate surface area is 81.6 Å². The van der Waals surface area contributed by atoms with E-state index in [1.807, 2.05) is 25.1 Å². The summed E-state index contributed by atoms with van der Waals surface area (Å²) in [5, 5.41) is 0.802. The molecule has 14 heavy (non-hydrogen) atoms. The Balaban J connectivity index is 2.76. The first-order chi connectivity index (χ1) is 6.70. The van der Waals surface area contributed by atoms with E-state index in [1.54, 1.807) is 0 Å². The molecule has 0 saturated heterocycles. The van der Waals surface area contributed by atoms with E-state index in [-0.39, 0.29) is 5.82 Å². The summed E-state index contributed by atoms with van der Waals surface area (Å²) in [6, 6.07) is 7.03. The van der Waals surface area contributed by atoms with Crippen molar-refractivity contribution < 1.29 is 4.39 Å². The Bertz CT molecular complexity index is 480. The number of nitrogens with two attached hydrogens (primary N) is 1. The lowest BCUT2D eigenvalue weighted by molar-refractivity contribution is 0.634.